The Morgan fingerprint density at radius 2 is 1.83 bits per heavy atom. The predicted octanol–water partition coefficient (Wildman–Crippen LogP) is 3.88. The second-order valence-electron chi connectivity index (χ2n) is 7.73. The Morgan fingerprint density at radius 1 is 1.06 bits per heavy atom. The average molecular weight is 495 g/mol. The first-order chi connectivity index (χ1) is 16.9. The third-order valence-electron chi connectivity index (χ3n) is 5.21. The number of nitrogens with one attached hydrogen (secondary N) is 2. The number of anilines is 1. The van der Waals surface area contributed by atoms with Crippen LogP contribution in [0.5, 0.6) is 5.75 Å². The van der Waals surface area contributed by atoms with Crippen molar-refractivity contribution >= 4 is 35.3 Å². The summed E-state index contributed by atoms with van der Waals surface area (Å²) >= 11 is 6.08. The molecule has 0 heterocycles. The molecule has 182 valence electrons. The van der Waals surface area contributed by atoms with Crippen LogP contribution in [-0.2, 0) is 6.54 Å². The van der Waals surface area contributed by atoms with Crippen molar-refractivity contribution in [2.24, 2.45) is 5.10 Å². The molecule has 0 saturated heterocycles. The third-order valence-corrected chi connectivity index (χ3v) is 5.45. The first-order valence-corrected chi connectivity index (χ1v) is 11.4. The number of carbonyl (C=O) groups excluding carboxylic acids is 2. The summed E-state index contributed by atoms with van der Waals surface area (Å²) in [4.78, 5) is 27.6. The van der Waals surface area contributed by atoms with Crippen LogP contribution in [-0.4, -0.2) is 52.8 Å². The van der Waals surface area contributed by atoms with E-state index >= 15 is 0 Å². The number of aromatic hydroxyl groups is 1. The van der Waals surface area contributed by atoms with E-state index < -0.39 is 5.91 Å². The molecule has 0 radical (unpaired) electrons. The molecule has 4 N–H and O–H groups in total. The summed E-state index contributed by atoms with van der Waals surface area (Å²) in [5, 5.41) is 25.7. The van der Waals surface area contributed by atoms with Gasteiger partial charge in [0, 0.05) is 23.7 Å². The lowest BCUT2D eigenvalue weighted by Gasteiger charge is -2.19. The van der Waals surface area contributed by atoms with Gasteiger partial charge in [-0.3, -0.25) is 14.5 Å². The molecule has 0 unspecified atom stereocenters. The van der Waals surface area contributed by atoms with Crippen LogP contribution in [0.3, 0.4) is 0 Å². The van der Waals surface area contributed by atoms with Gasteiger partial charge in [-0.2, -0.15) is 5.10 Å². The first-order valence-electron chi connectivity index (χ1n) is 11.0. The Hall–Kier alpha value is -3.72. The number of aliphatic hydroxyl groups excluding tert-OH is 1. The van der Waals surface area contributed by atoms with Crippen molar-refractivity contribution in [3.05, 3.63) is 94.0 Å². The second-order valence-corrected chi connectivity index (χ2v) is 8.16. The Labute approximate surface area is 208 Å². The van der Waals surface area contributed by atoms with Gasteiger partial charge in [0.1, 0.15) is 5.75 Å². The molecule has 9 heteroatoms. The second kappa shape index (κ2) is 12.7. The third kappa shape index (κ3) is 7.65. The summed E-state index contributed by atoms with van der Waals surface area (Å²) in [7, 11) is 0. The van der Waals surface area contributed by atoms with E-state index in [1.807, 2.05) is 19.1 Å². The zero-order chi connectivity index (χ0) is 25.2. The van der Waals surface area contributed by atoms with Gasteiger partial charge in [-0.15, -0.1) is 0 Å². The monoisotopic (exact) mass is 494 g/mol. The lowest BCUT2D eigenvalue weighted by molar-refractivity contribution is 0.0956. The molecule has 0 saturated carbocycles. The average Bonchev–Trinajstić information content (AvgIpc) is 2.85. The fourth-order valence-corrected chi connectivity index (χ4v) is 3.52. The van der Waals surface area contributed by atoms with E-state index in [0.29, 0.717) is 29.2 Å². The number of carbonyl (C=O) groups is 2. The van der Waals surface area contributed by atoms with Gasteiger partial charge in [0.2, 0.25) is 0 Å². The number of hydrazone groups is 1. The van der Waals surface area contributed by atoms with Crippen LogP contribution in [0.2, 0.25) is 5.02 Å². The van der Waals surface area contributed by atoms with Gasteiger partial charge < -0.3 is 15.5 Å². The fourth-order valence-electron chi connectivity index (χ4n) is 3.35. The molecule has 0 spiro atoms. The molecule has 0 aliphatic carbocycles. The minimum absolute atomic E-state index is 0.0843. The molecule has 8 nitrogen and oxygen atoms in total. The van der Waals surface area contributed by atoms with Crippen molar-refractivity contribution in [3.63, 3.8) is 0 Å². The van der Waals surface area contributed by atoms with Crippen molar-refractivity contribution in [1.82, 2.24) is 10.3 Å². The van der Waals surface area contributed by atoms with Crippen molar-refractivity contribution < 1.29 is 19.8 Å². The molecule has 0 aromatic heterocycles. The Morgan fingerprint density at radius 3 is 2.51 bits per heavy atom. The zero-order valence-corrected chi connectivity index (χ0v) is 20.0. The quantitative estimate of drug-likeness (QED) is 0.252. The summed E-state index contributed by atoms with van der Waals surface area (Å²) in [5.41, 5.74) is 4.90. The lowest BCUT2D eigenvalue weighted by atomic mass is 10.1. The Balaban J connectivity index is 1.69. The number of halogens is 1. The minimum atomic E-state index is -0.557. The zero-order valence-electron chi connectivity index (χ0n) is 19.2. The van der Waals surface area contributed by atoms with E-state index in [0.717, 1.165) is 12.1 Å². The van der Waals surface area contributed by atoms with Gasteiger partial charge in [-0.1, -0.05) is 42.8 Å². The van der Waals surface area contributed by atoms with E-state index in [4.69, 9.17) is 16.7 Å². The molecule has 3 rings (SSSR count). The number of amides is 2. The maximum atomic E-state index is 12.8. The van der Waals surface area contributed by atoms with Crippen molar-refractivity contribution in [2.75, 3.05) is 25.0 Å². The number of rotatable bonds is 10. The molecule has 2 amide bonds. The first kappa shape index (κ1) is 25.9. The number of aliphatic hydroxyl groups is 1. The minimum Gasteiger partial charge on any atom is -0.508 e. The molecular weight excluding hydrogens is 468 g/mol. The number of likely N-dealkylation sites (N-methyl/N-ethyl adjacent to an activating group) is 1. The number of phenolic OH excluding ortho intramolecular Hbond substituents is 1. The molecule has 0 aliphatic heterocycles. The molecule has 3 aromatic rings. The van der Waals surface area contributed by atoms with Crippen molar-refractivity contribution in [3.8, 4) is 5.75 Å². The molecule has 35 heavy (non-hydrogen) atoms. The fraction of sp³-hybridized carbons (Fsp3) is 0.192. The van der Waals surface area contributed by atoms with Gasteiger partial charge >= 0.3 is 0 Å². The molecule has 0 atom stereocenters. The summed E-state index contributed by atoms with van der Waals surface area (Å²) < 4.78 is 0. The molecule has 0 aliphatic rings. The van der Waals surface area contributed by atoms with Gasteiger partial charge in [-0.25, -0.2) is 5.43 Å². The van der Waals surface area contributed by atoms with Crippen LogP contribution in [0.4, 0.5) is 5.69 Å². The van der Waals surface area contributed by atoms with Crippen LogP contribution in [0, 0.1) is 0 Å². The van der Waals surface area contributed by atoms with E-state index in [-0.39, 0.29) is 29.5 Å². The normalized spacial score (nSPS) is 11.1. The highest BCUT2D eigenvalue weighted by Gasteiger charge is 2.15. The van der Waals surface area contributed by atoms with E-state index in [1.165, 1.54) is 24.4 Å². The number of hydrogen-bond donors (Lipinski definition) is 4. The molecule has 0 fully saturated rings. The smallest absolute Gasteiger partial charge is 0.273 e. The highest BCUT2D eigenvalue weighted by Crippen LogP contribution is 2.22. The SMILES string of the molecule is CCN(CCO)Cc1ccc(C(=O)Nc2ccc(Cl)cc2C(=O)NN=Cc2cccc(O)c2)cc1. The summed E-state index contributed by atoms with van der Waals surface area (Å²) in [5.74, 6) is -0.849. The largest absolute Gasteiger partial charge is 0.508 e. The van der Waals surface area contributed by atoms with Gasteiger partial charge in [0.15, 0.2) is 0 Å². The van der Waals surface area contributed by atoms with Crippen LogP contribution >= 0.6 is 11.6 Å². The number of benzene rings is 3. The Kier molecular flexibility index (Phi) is 9.37. The number of nitrogens with zero attached hydrogens (tertiary/aromatic N) is 2. The van der Waals surface area contributed by atoms with Gasteiger partial charge in [0.25, 0.3) is 11.8 Å². The van der Waals surface area contributed by atoms with E-state index in [2.05, 4.69) is 20.7 Å². The van der Waals surface area contributed by atoms with Crippen LogP contribution < -0.4 is 10.7 Å². The van der Waals surface area contributed by atoms with E-state index in [9.17, 15) is 14.7 Å². The predicted molar refractivity (Wildman–Crippen MR) is 137 cm³/mol. The van der Waals surface area contributed by atoms with Crippen molar-refractivity contribution in [2.45, 2.75) is 13.5 Å². The van der Waals surface area contributed by atoms with Gasteiger partial charge in [-0.05, 0) is 60.1 Å². The molecule has 0 bridgehead atoms. The lowest BCUT2D eigenvalue weighted by Crippen LogP contribution is -2.26. The van der Waals surface area contributed by atoms with Crippen molar-refractivity contribution in [1.29, 1.82) is 0 Å². The Bertz CT molecular complexity index is 1200. The van der Waals surface area contributed by atoms with Crippen LogP contribution in [0.1, 0.15) is 38.8 Å². The highest BCUT2D eigenvalue weighted by molar-refractivity contribution is 6.31. The van der Waals surface area contributed by atoms with E-state index in [1.54, 1.807) is 36.4 Å². The number of hydrogen-bond acceptors (Lipinski definition) is 6. The number of phenols is 1. The summed E-state index contributed by atoms with van der Waals surface area (Å²) in [6.07, 6.45) is 1.39. The maximum Gasteiger partial charge on any atom is 0.273 e. The highest BCUT2D eigenvalue weighted by atomic mass is 35.5. The van der Waals surface area contributed by atoms with Gasteiger partial charge in [0.05, 0.1) is 24.1 Å². The molecular formula is C26H27ClN4O4. The summed E-state index contributed by atoms with van der Waals surface area (Å²) in [6.45, 7) is 4.17. The van der Waals surface area contributed by atoms with Crippen LogP contribution in [0.25, 0.3) is 0 Å². The summed E-state index contributed by atoms with van der Waals surface area (Å²) in [6, 6.07) is 18.1. The maximum absolute atomic E-state index is 12.8. The molecule has 3 aromatic carbocycles. The standard InChI is InChI=1S/C26H27ClN4O4/c1-2-31(12-13-32)17-18-6-8-20(9-7-18)25(34)29-24-11-10-21(27)15-23(24)26(35)30-28-16-19-4-3-5-22(33)14-19/h3-11,14-16,32-33H,2,12-13,17H2,1H3,(H,29,34)(H,30,35). The van der Waals surface area contributed by atoms with Crippen LogP contribution in [0.15, 0.2) is 71.8 Å². The topological polar surface area (TPSA) is 114 Å².